The van der Waals surface area contributed by atoms with E-state index in [9.17, 15) is 9.59 Å². The van der Waals surface area contributed by atoms with Crippen LogP contribution in [0, 0.1) is 0 Å². The SMILES string of the molecule is O=C(/C=C/c1ccco1)c1cccc(C(=O)/C=C/c2ccco2)n1. The summed E-state index contributed by atoms with van der Waals surface area (Å²) in [6.45, 7) is 0. The van der Waals surface area contributed by atoms with E-state index >= 15 is 0 Å². The van der Waals surface area contributed by atoms with E-state index in [0.717, 1.165) is 0 Å². The summed E-state index contributed by atoms with van der Waals surface area (Å²) in [7, 11) is 0. The number of carbonyl (C=O) groups excluding carboxylic acids is 2. The van der Waals surface area contributed by atoms with Gasteiger partial charge in [-0.05, 0) is 60.7 Å². The highest BCUT2D eigenvalue weighted by atomic mass is 16.3. The third-order valence-corrected chi connectivity index (χ3v) is 3.14. The summed E-state index contributed by atoms with van der Waals surface area (Å²) in [5, 5.41) is 0. The summed E-state index contributed by atoms with van der Waals surface area (Å²) in [6, 6.07) is 11.7. The molecule has 24 heavy (non-hydrogen) atoms. The molecule has 0 aliphatic heterocycles. The number of aromatic nitrogens is 1. The Labute approximate surface area is 137 Å². The van der Waals surface area contributed by atoms with Gasteiger partial charge in [0.1, 0.15) is 22.9 Å². The van der Waals surface area contributed by atoms with Gasteiger partial charge in [-0.2, -0.15) is 0 Å². The first kappa shape index (κ1) is 15.4. The summed E-state index contributed by atoms with van der Waals surface area (Å²) >= 11 is 0. The van der Waals surface area contributed by atoms with Gasteiger partial charge in [0.15, 0.2) is 0 Å². The first-order chi connectivity index (χ1) is 11.7. The first-order valence-electron chi connectivity index (χ1n) is 7.21. The molecule has 0 N–H and O–H groups in total. The molecule has 0 aliphatic carbocycles. The maximum absolute atomic E-state index is 12.1. The zero-order valence-corrected chi connectivity index (χ0v) is 12.6. The van der Waals surface area contributed by atoms with Crippen LogP contribution in [0.2, 0.25) is 0 Å². The highest BCUT2D eigenvalue weighted by molar-refractivity contribution is 6.08. The van der Waals surface area contributed by atoms with Crippen molar-refractivity contribution in [2.24, 2.45) is 0 Å². The van der Waals surface area contributed by atoms with Crippen LogP contribution in [-0.2, 0) is 0 Å². The van der Waals surface area contributed by atoms with Gasteiger partial charge in [0.2, 0.25) is 11.6 Å². The third kappa shape index (κ3) is 3.84. The highest BCUT2D eigenvalue weighted by Crippen LogP contribution is 2.08. The molecule has 0 atom stereocenters. The molecule has 3 heterocycles. The van der Waals surface area contributed by atoms with Crippen LogP contribution in [0.1, 0.15) is 32.5 Å². The molecule has 0 spiro atoms. The zero-order valence-electron chi connectivity index (χ0n) is 12.6. The summed E-state index contributed by atoms with van der Waals surface area (Å²) in [4.78, 5) is 28.4. The highest BCUT2D eigenvalue weighted by Gasteiger charge is 2.09. The molecule has 0 aromatic carbocycles. The van der Waals surface area contributed by atoms with E-state index < -0.39 is 0 Å². The van der Waals surface area contributed by atoms with E-state index in [1.165, 1.54) is 24.7 Å². The lowest BCUT2D eigenvalue weighted by Gasteiger charge is -1.98. The first-order valence-corrected chi connectivity index (χ1v) is 7.21. The van der Waals surface area contributed by atoms with Crippen LogP contribution in [0.4, 0.5) is 0 Å². The Kier molecular flexibility index (Phi) is 4.62. The molecular formula is C19H13NO4. The minimum atomic E-state index is -0.309. The van der Waals surface area contributed by atoms with Gasteiger partial charge in [0.25, 0.3) is 0 Å². The zero-order chi connectivity index (χ0) is 16.8. The molecule has 0 amide bonds. The van der Waals surface area contributed by atoms with Gasteiger partial charge in [0, 0.05) is 0 Å². The normalized spacial score (nSPS) is 11.3. The van der Waals surface area contributed by atoms with Crippen molar-refractivity contribution in [3.63, 3.8) is 0 Å². The predicted octanol–water partition coefficient (Wildman–Crippen LogP) is 4.06. The Hall–Kier alpha value is -3.47. The van der Waals surface area contributed by atoms with E-state index in [2.05, 4.69) is 4.98 Å². The summed E-state index contributed by atoms with van der Waals surface area (Å²) in [5.74, 6) is 0.515. The van der Waals surface area contributed by atoms with Gasteiger partial charge in [-0.1, -0.05) is 6.07 Å². The van der Waals surface area contributed by atoms with E-state index in [0.29, 0.717) is 11.5 Å². The van der Waals surface area contributed by atoms with Crippen molar-refractivity contribution in [1.29, 1.82) is 0 Å². The second-order valence-electron chi connectivity index (χ2n) is 4.83. The molecular weight excluding hydrogens is 306 g/mol. The third-order valence-electron chi connectivity index (χ3n) is 3.14. The molecule has 5 heteroatoms. The van der Waals surface area contributed by atoms with Gasteiger partial charge < -0.3 is 8.83 Å². The fourth-order valence-corrected chi connectivity index (χ4v) is 1.97. The Morgan fingerprint density at radius 2 is 1.25 bits per heavy atom. The topological polar surface area (TPSA) is 73.3 Å². The number of rotatable bonds is 6. The van der Waals surface area contributed by atoms with Crippen LogP contribution >= 0.6 is 0 Å². The number of hydrogen-bond acceptors (Lipinski definition) is 5. The molecule has 0 saturated carbocycles. The summed E-state index contributed by atoms with van der Waals surface area (Å²) < 4.78 is 10.2. The second kappa shape index (κ2) is 7.19. The van der Waals surface area contributed by atoms with Crippen molar-refractivity contribution in [1.82, 2.24) is 4.98 Å². The van der Waals surface area contributed by atoms with E-state index in [-0.39, 0.29) is 23.0 Å². The van der Waals surface area contributed by atoms with Crippen LogP contribution in [0.15, 0.2) is 76.0 Å². The largest absolute Gasteiger partial charge is 0.465 e. The second-order valence-corrected chi connectivity index (χ2v) is 4.83. The van der Waals surface area contributed by atoms with Gasteiger partial charge in [-0.15, -0.1) is 0 Å². The molecule has 0 saturated heterocycles. The number of furan rings is 2. The average Bonchev–Trinajstić information content (AvgIpc) is 3.31. The van der Waals surface area contributed by atoms with Crippen molar-refractivity contribution in [3.8, 4) is 0 Å². The van der Waals surface area contributed by atoms with Crippen LogP contribution in [0.5, 0.6) is 0 Å². The summed E-state index contributed by atoms with van der Waals surface area (Å²) in [5.41, 5.74) is 0.380. The fourth-order valence-electron chi connectivity index (χ4n) is 1.97. The quantitative estimate of drug-likeness (QED) is 0.506. The maximum atomic E-state index is 12.1. The molecule has 0 radical (unpaired) electrons. The van der Waals surface area contributed by atoms with Crippen molar-refractivity contribution >= 4 is 23.7 Å². The van der Waals surface area contributed by atoms with Crippen LogP contribution in [0.3, 0.4) is 0 Å². The fraction of sp³-hybridized carbons (Fsp3) is 0. The molecule has 0 fully saturated rings. The van der Waals surface area contributed by atoms with Crippen molar-refractivity contribution in [2.45, 2.75) is 0 Å². The summed E-state index contributed by atoms with van der Waals surface area (Å²) in [6.07, 6.45) is 8.85. The van der Waals surface area contributed by atoms with Gasteiger partial charge in [-0.3, -0.25) is 9.59 Å². The van der Waals surface area contributed by atoms with E-state index in [1.54, 1.807) is 54.6 Å². The Balaban J connectivity index is 1.73. The lowest BCUT2D eigenvalue weighted by Crippen LogP contribution is -2.04. The standard InChI is InChI=1S/C19H13NO4/c21-18(10-8-14-4-2-12-23-14)16-6-1-7-17(20-16)19(22)11-9-15-5-3-13-24-15/h1-13H/b10-8+,11-9+. The Bertz CT molecular complexity index is 816. The molecule has 3 aromatic heterocycles. The number of hydrogen-bond donors (Lipinski definition) is 0. The van der Waals surface area contributed by atoms with E-state index in [1.807, 2.05) is 0 Å². The lowest BCUT2D eigenvalue weighted by atomic mass is 10.1. The number of carbonyl (C=O) groups is 2. The van der Waals surface area contributed by atoms with Crippen LogP contribution < -0.4 is 0 Å². The number of nitrogens with zero attached hydrogens (tertiary/aromatic N) is 1. The van der Waals surface area contributed by atoms with Gasteiger partial charge >= 0.3 is 0 Å². The van der Waals surface area contributed by atoms with Gasteiger partial charge in [-0.25, -0.2) is 4.98 Å². The molecule has 118 valence electrons. The average molecular weight is 319 g/mol. The Morgan fingerprint density at radius 3 is 1.67 bits per heavy atom. The van der Waals surface area contributed by atoms with Crippen molar-refractivity contribution < 1.29 is 18.4 Å². The van der Waals surface area contributed by atoms with Crippen LogP contribution in [-0.4, -0.2) is 16.6 Å². The van der Waals surface area contributed by atoms with Crippen molar-refractivity contribution in [2.75, 3.05) is 0 Å². The number of pyridine rings is 1. The number of allylic oxidation sites excluding steroid dienone is 2. The minimum absolute atomic E-state index is 0.190. The van der Waals surface area contributed by atoms with E-state index in [4.69, 9.17) is 8.83 Å². The molecule has 3 aromatic rings. The Morgan fingerprint density at radius 1 is 0.750 bits per heavy atom. The maximum Gasteiger partial charge on any atom is 0.204 e. The monoisotopic (exact) mass is 319 g/mol. The molecule has 5 nitrogen and oxygen atoms in total. The smallest absolute Gasteiger partial charge is 0.204 e. The molecule has 0 unspecified atom stereocenters. The molecule has 3 rings (SSSR count). The van der Waals surface area contributed by atoms with Crippen molar-refractivity contribution in [3.05, 3.63) is 90.1 Å². The number of ketones is 2. The minimum Gasteiger partial charge on any atom is -0.465 e. The lowest BCUT2D eigenvalue weighted by molar-refractivity contribution is 0.104. The molecule has 0 aliphatic rings. The predicted molar refractivity (Wildman–Crippen MR) is 88.4 cm³/mol. The van der Waals surface area contributed by atoms with Gasteiger partial charge in [0.05, 0.1) is 12.5 Å². The molecule has 0 bridgehead atoms. The van der Waals surface area contributed by atoms with Crippen LogP contribution in [0.25, 0.3) is 12.2 Å².